The molecule has 0 aromatic rings. The van der Waals surface area contributed by atoms with Crippen LogP contribution in [0.1, 0.15) is 0 Å². The average Bonchev–Trinajstić information content (AvgIpc) is 1.86. The monoisotopic (exact) mass is 120 g/mol. The number of nitrogens with one attached hydrogen (secondary N) is 2. The lowest BCUT2D eigenvalue weighted by Crippen LogP contribution is -3.14. The molecule has 0 bridgehead atoms. The summed E-state index contributed by atoms with van der Waals surface area (Å²) in [6.07, 6.45) is 0. The van der Waals surface area contributed by atoms with Crippen molar-refractivity contribution in [1.29, 1.82) is 0 Å². The van der Waals surface area contributed by atoms with Gasteiger partial charge in [-0.05, 0) is 0 Å². The predicted molar refractivity (Wildman–Crippen MR) is 24.4 cm³/mol. The summed E-state index contributed by atoms with van der Waals surface area (Å²) in [6, 6.07) is 0. The second-order valence-corrected chi connectivity index (χ2v) is 1.84. The van der Waals surface area contributed by atoms with Crippen molar-refractivity contribution in [3.8, 4) is 0 Å². The minimum absolute atomic E-state index is 0.0498. The van der Waals surface area contributed by atoms with E-state index in [1.165, 1.54) is 0 Å². The third-order valence-electron chi connectivity index (χ3n) is 1.10. The third kappa shape index (κ3) is 0.816. The molecule has 1 saturated heterocycles. The summed E-state index contributed by atoms with van der Waals surface area (Å²) in [5.41, 5.74) is 0. The summed E-state index contributed by atoms with van der Waals surface area (Å²) in [6.45, 7) is 0.0127. The molecule has 0 saturated carbocycles. The predicted octanol–water partition coefficient (Wildman–Crippen LogP) is -3.43. The second-order valence-electron chi connectivity index (χ2n) is 1.84. The molecule has 5 heteroatoms. The smallest absolute Gasteiger partial charge is 0.326 e. The molecule has 1 atom stereocenters. The Balaban J connectivity index is 2.54. The number of rotatable bonds is 0. The number of β-amino-alcohol motifs (C(OH)–C–C–N with tert-alkyl or cyclic N) is 2. The molecule has 1 rings (SSSR count). The van der Waals surface area contributed by atoms with E-state index >= 15 is 0 Å². The highest BCUT2D eigenvalue weighted by molar-refractivity contribution is 4.57. The Kier molecular flexibility index (Phi) is 1.22. The molecule has 4 N–H and O–H groups in total. The minimum Gasteiger partial charge on any atom is -0.629 e. The average molecular weight is 120 g/mol. The second kappa shape index (κ2) is 1.64. The van der Waals surface area contributed by atoms with Gasteiger partial charge in [-0.3, -0.25) is 5.32 Å². The Hall–Kier alpha value is -0.200. The number of quaternary nitrogens is 1. The molecular weight excluding hydrogens is 112 g/mol. The van der Waals surface area contributed by atoms with Gasteiger partial charge in [-0.2, -0.15) is 0 Å². The van der Waals surface area contributed by atoms with E-state index in [1.807, 2.05) is 0 Å². The number of aliphatic hydroxyl groups is 2. The van der Waals surface area contributed by atoms with Crippen LogP contribution in [0.25, 0.3) is 0 Å². The van der Waals surface area contributed by atoms with Crippen LogP contribution in [-0.4, -0.2) is 29.3 Å². The van der Waals surface area contributed by atoms with Gasteiger partial charge in [0.15, 0.2) is 0 Å². The Morgan fingerprint density at radius 3 is 2.38 bits per heavy atom. The van der Waals surface area contributed by atoms with Crippen molar-refractivity contribution in [2.24, 2.45) is 0 Å². The van der Waals surface area contributed by atoms with Crippen LogP contribution in [0.15, 0.2) is 0 Å². The van der Waals surface area contributed by atoms with Crippen LogP contribution in [0.5, 0.6) is 0 Å². The van der Waals surface area contributed by atoms with Crippen molar-refractivity contribution in [3.63, 3.8) is 0 Å². The molecule has 8 heavy (non-hydrogen) atoms. The molecule has 5 nitrogen and oxygen atoms in total. The summed E-state index contributed by atoms with van der Waals surface area (Å²) in [5.74, 6) is -2.10. The molecule has 0 aromatic heterocycles. The fraction of sp³-hybridized carbons (Fsp3) is 1.00. The van der Waals surface area contributed by atoms with E-state index in [4.69, 9.17) is 10.2 Å². The molecule has 1 fully saturated rings. The van der Waals surface area contributed by atoms with Crippen LogP contribution >= 0.6 is 0 Å². The first-order valence-corrected chi connectivity index (χ1v) is 2.32. The molecule has 1 unspecified atom stereocenters. The van der Waals surface area contributed by atoms with Gasteiger partial charge in [0.05, 0.1) is 0 Å². The molecule has 48 valence electrons. The van der Waals surface area contributed by atoms with Crippen LogP contribution in [0.3, 0.4) is 0 Å². The van der Waals surface area contributed by atoms with E-state index in [9.17, 15) is 5.21 Å². The maximum atomic E-state index is 10.3. The zero-order valence-electron chi connectivity index (χ0n) is 4.22. The van der Waals surface area contributed by atoms with Gasteiger partial charge in [0.25, 0.3) is 0 Å². The van der Waals surface area contributed by atoms with E-state index in [1.54, 1.807) is 0 Å². The zero-order valence-corrected chi connectivity index (χ0v) is 4.22. The van der Waals surface area contributed by atoms with E-state index in [2.05, 4.69) is 5.32 Å². The number of hydrogen-bond acceptors (Lipinski definition) is 4. The standard InChI is InChI=1S/C3H8N2O3/c6-3(7)1-4-2-5(3)8/h4-7H,1-2H2. The summed E-state index contributed by atoms with van der Waals surface area (Å²) < 4.78 is 0. The Morgan fingerprint density at radius 2 is 2.25 bits per heavy atom. The van der Waals surface area contributed by atoms with Gasteiger partial charge >= 0.3 is 5.91 Å². The minimum atomic E-state index is -2.10. The topological polar surface area (TPSA) is 80.0 Å². The highest BCUT2D eigenvalue weighted by atomic mass is 16.6. The lowest BCUT2D eigenvalue weighted by molar-refractivity contribution is -0.948. The van der Waals surface area contributed by atoms with Gasteiger partial charge in [0.1, 0.15) is 13.2 Å². The first kappa shape index (κ1) is 5.93. The van der Waals surface area contributed by atoms with Gasteiger partial charge in [-0.25, -0.2) is 0 Å². The molecule has 1 heterocycles. The number of hydroxylamine groups is 2. The van der Waals surface area contributed by atoms with Crippen molar-refractivity contribution in [3.05, 3.63) is 5.21 Å². The molecule has 1 aliphatic heterocycles. The Bertz CT molecular complexity index is 94.5. The SMILES string of the molecule is [O-][NH+]1CNCC1(O)O. The summed E-state index contributed by atoms with van der Waals surface area (Å²) in [7, 11) is 0. The maximum absolute atomic E-state index is 10.3. The van der Waals surface area contributed by atoms with Crippen molar-refractivity contribution in [2.75, 3.05) is 13.2 Å². The van der Waals surface area contributed by atoms with Crippen LogP contribution < -0.4 is 10.4 Å². The Labute approximate surface area is 46.1 Å². The van der Waals surface area contributed by atoms with Gasteiger partial charge in [-0.1, -0.05) is 0 Å². The maximum Gasteiger partial charge on any atom is 0.326 e. The van der Waals surface area contributed by atoms with E-state index in [0.717, 1.165) is 0 Å². The Morgan fingerprint density at radius 1 is 1.62 bits per heavy atom. The fourth-order valence-corrected chi connectivity index (χ4v) is 0.590. The summed E-state index contributed by atoms with van der Waals surface area (Å²) in [5, 5.41) is 29.5. The van der Waals surface area contributed by atoms with Crippen molar-refractivity contribution in [2.45, 2.75) is 5.91 Å². The van der Waals surface area contributed by atoms with Crippen LogP contribution in [-0.2, 0) is 0 Å². The van der Waals surface area contributed by atoms with E-state index in [0.29, 0.717) is 0 Å². The zero-order chi connectivity index (χ0) is 6.20. The first-order valence-electron chi connectivity index (χ1n) is 2.32. The summed E-state index contributed by atoms with van der Waals surface area (Å²) >= 11 is 0. The quantitative estimate of drug-likeness (QED) is 0.198. The number of hydrogen-bond donors (Lipinski definition) is 4. The normalized spacial score (nSPS) is 35.6. The van der Waals surface area contributed by atoms with Gasteiger partial charge in [-0.15, -0.1) is 0 Å². The molecule has 0 aliphatic carbocycles. The molecular formula is C3H8N2O3. The first-order chi connectivity index (χ1) is 3.63. The van der Waals surface area contributed by atoms with Crippen molar-refractivity contribution < 1.29 is 15.3 Å². The highest BCUT2D eigenvalue weighted by Crippen LogP contribution is 1.86. The largest absolute Gasteiger partial charge is 0.629 e. The molecule has 0 radical (unpaired) electrons. The van der Waals surface area contributed by atoms with Crippen LogP contribution in [0.4, 0.5) is 0 Å². The summed E-state index contributed by atoms with van der Waals surface area (Å²) in [4.78, 5) is 0. The van der Waals surface area contributed by atoms with Crippen molar-refractivity contribution in [1.82, 2.24) is 5.32 Å². The third-order valence-corrected chi connectivity index (χ3v) is 1.10. The van der Waals surface area contributed by atoms with Crippen LogP contribution in [0.2, 0.25) is 0 Å². The van der Waals surface area contributed by atoms with Crippen LogP contribution in [0, 0.1) is 5.21 Å². The molecule has 0 aromatic carbocycles. The van der Waals surface area contributed by atoms with Gasteiger partial charge in [0.2, 0.25) is 0 Å². The van der Waals surface area contributed by atoms with Crippen molar-refractivity contribution >= 4 is 0 Å². The molecule has 0 amide bonds. The van der Waals surface area contributed by atoms with E-state index in [-0.39, 0.29) is 13.2 Å². The van der Waals surface area contributed by atoms with Gasteiger partial charge < -0.3 is 20.5 Å². The highest BCUT2D eigenvalue weighted by Gasteiger charge is 2.35. The fourth-order valence-electron chi connectivity index (χ4n) is 0.590. The lowest BCUT2D eigenvalue weighted by Gasteiger charge is -2.25. The van der Waals surface area contributed by atoms with Gasteiger partial charge in [0, 0.05) is 0 Å². The molecule has 0 spiro atoms. The molecule has 1 aliphatic rings. The van der Waals surface area contributed by atoms with E-state index < -0.39 is 11.0 Å². The lowest BCUT2D eigenvalue weighted by atomic mass is 10.5.